The van der Waals surface area contributed by atoms with Crippen LogP contribution in [0.15, 0.2) is 18.2 Å². The molecule has 1 aromatic rings. The van der Waals surface area contributed by atoms with E-state index in [2.05, 4.69) is 0 Å². The zero-order valence-electron chi connectivity index (χ0n) is 11.4. The molecule has 0 amide bonds. The van der Waals surface area contributed by atoms with Crippen molar-refractivity contribution < 1.29 is 23.4 Å². The SMILES string of the molecule is Cc1ccc(C(O)CCN(CCO)CC(F)F)cc1F. The first-order chi connectivity index (χ1) is 9.43. The molecule has 0 aromatic heterocycles. The van der Waals surface area contributed by atoms with Gasteiger partial charge in [0.05, 0.1) is 19.3 Å². The van der Waals surface area contributed by atoms with Gasteiger partial charge in [0.1, 0.15) is 5.82 Å². The van der Waals surface area contributed by atoms with Crippen LogP contribution in [-0.2, 0) is 0 Å². The van der Waals surface area contributed by atoms with Crippen LogP contribution in [0, 0.1) is 12.7 Å². The Kier molecular flexibility index (Phi) is 6.98. The highest BCUT2D eigenvalue weighted by Gasteiger charge is 2.15. The summed E-state index contributed by atoms with van der Waals surface area (Å²) < 4.78 is 38.0. The van der Waals surface area contributed by atoms with E-state index in [0.29, 0.717) is 11.1 Å². The summed E-state index contributed by atoms with van der Waals surface area (Å²) in [5.41, 5.74) is 0.912. The number of nitrogens with zero attached hydrogens (tertiary/aromatic N) is 1. The second-order valence-electron chi connectivity index (χ2n) is 4.73. The highest BCUT2D eigenvalue weighted by molar-refractivity contribution is 5.24. The van der Waals surface area contributed by atoms with E-state index in [9.17, 15) is 18.3 Å². The normalized spacial score (nSPS) is 13.2. The minimum absolute atomic E-state index is 0.124. The number of hydrogen-bond acceptors (Lipinski definition) is 3. The molecular formula is C14H20F3NO2. The van der Waals surface area contributed by atoms with Crippen LogP contribution < -0.4 is 0 Å². The van der Waals surface area contributed by atoms with E-state index in [1.165, 1.54) is 11.0 Å². The molecule has 20 heavy (non-hydrogen) atoms. The van der Waals surface area contributed by atoms with Crippen LogP contribution in [0.1, 0.15) is 23.7 Å². The van der Waals surface area contributed by atoms with E-state index >= 15 is 0 Å². The molecule has 0 aliphatic rings. The molecule has 1 unspecified atom stereocenters. The fraction of sp³-hybridized carbons (Fsp3) is 0.571. The number of aliphatic hydroxyl groups excluding tert-OH is 2. The van der Waals surface area contributed by atoms with Crippen LogP contribution in [0.3, 0.4) is 0 Å². The Bertz CT molecular complexity index is 415. The molecule has 1 atom stereocenters. The van der Waals surface area contributed by atoms with Crippen LogP contribution in [0.25, 0.3) is 0 Å². The molecule has 1 aromatic carbocycles. The lowest BCUT2D eigenvalue weighted by atomic mass is 10.0. The molecule has 0 heterocycles. The van der Waals surface area contributed by atoms with Gasteiger partial charge in [-0.1, -0.05) is 12.1 Å². The molecule has 1 rings (SSSR count). The smallest absolute Gasteiger partial charge is 0.251 e. The van der Waals surface area contributed by atoms with Crippen molar-refractivity contribution in [1.29, 1.82) is 0 Å². The first-order valence-electron chi connectivity index (χ1n) is 6.49. The molecule has 0 radical (unpaired) electrons. The van der Waals surface area contributed by atoms with Crippen LogP contribution in [-0.4, -0.2) is 47.8 Å². The Balaban J connectivity index is 2.55. The lowest BCUT2D eigenvalue weighted by Gasteiger charge is -2.22. The maximum atomic E-state index is 13.4. The second kappa shape index (κ2) is 8.24. The molecule has 0 bridgehead atoms. The molecule has 0 fully saturated rings. The predicted molar refractivity (Wildman–Crippen MR) is 70.2 cm³/mol. The van der Waals surface area contributed by atoms with Crippen molar-refractivity contribution in [2.75, 3.05) is 26.2 Å². The zero-order chi connectivity index (χ0) is 15.1. The van der Waals surface area contributed by atoms with Crippen molar-refractivity contribution in [1.82, 2.24) is 4.90 Å². The summed E-state index contributed by atoms with van der Waals surface area (Å²) in [6.45, 7) is 1.29. The zero-order valence-corrected chi connectivity index (χ0v) is 11.4. The van der Waals surface area contributed by atoms with Gasteiger partial charge in [-0.05, 0) is 30.5 Å². The Morgan fingerprint density at radius 2 is 1.95 bits per heavy atom. The highest BCUT2D eigenvalue weighted by Crippen LogP contribution is 2.19. The summed E-state index contributed by atoms with van der Waals surface area (Å²) in [6.07, 6.45) is -3.20. The quantitative estimate of drug-likeness (QED) is 0.771. The van der Waals surface area contributed by atoms with Crippen LogP contribution in [0.4, 0.5) is 13.2 Å². The summed E-state index contributed by atoms with van der Waals surface area (Å²) in [5, 5.41) is 18.7. The van der Waals surface area contributed by atoms with Gasteiger partial charge in [0, 0.05) is 13.1 Å². The standard InChI is InChI=1S/C14H20F3NO2/c1-10-2-3-11(8-12(10)15)13(20)4-5-18(6-7-19)9-14(16)17/h2-3,8,13-14,19-20H,4-7,9H2,1H3. The van der Waals surface area contributed by atoms with E-state index < -0.39 is 24.9 Å². The van der Waals surface area contributed by atoms with E-state index in [1.807, 2.05) is 0 Å². The number of halogens is 3. The molecule has 0 aliphatic heterocycles. The third kappa shape index (κ3) is 5.48. The third-order valence-corrected chi connectivity index (χ3v) is 3.11. The molecule has 0 saturated heterocycles. The third-order valence-electron chi connectivity index (χ3n) is 3.11. The molecule has 114 valence electrons. The van der Waals surface area contributed by atoms with Crippen molar-refractivity contribution in [3.63, 3.8) is 0 Å². The number of aliphatic hydroxyl groups is 2. The van der Waals surface area contributed by atoms with Gasteiger partial charge in [0.2, 0.25) is 0 Å². The monoisotopic (exact) mass is 291 g/mol. The van der Waals surface area contributed by atoms with Gasteiger partial charge in [-0.2, -0.15) is 0 Å². The summed E-state index contributed by atoms with van der Waals surface area (Å²) in [6, 6.07) is 4.44. The van der Waals surface area contributed by atoms with E-state index in [0.717, 1.165) is 0 Å². The Hall–Kier alpha value is -1.11. The van der Waals surface area contributed by atoms with Gasteiger partial charge in [0.15, 0.2) is 0 Å². The summed E-state index contributed by atoms with van der Waals surface area (Å²) in [7, 11) is 0. The largest absolute Gasteiger partial charge is 0.395 e. The van der Waals surface area contributed by atoms with Crippen LogP contribution >= 0.6 is 0 Å². The fourth-order valence-electron chi connectivity index (χ4n) is 1.92. The van der Waals surface area contributed by atoms with E-state index in [4.69, 9.17) is 5.11 Å². The summed E-state index contributed by atoms with van der Waals surface area (Å²) >= 11 is 0. The van der Waals surface area contributed by atoms with Gasteiger partial charge in [-0.3, -0.25) is 4.90 Å². The van der Waals surface area contributed by atoms with Gasteiger partial charge in [-0.15, -0.1) is 0 Å². The van der Waals surface area contributed by atoms with E-state index in [1.54, 1.807) is 19.1 Å². The summed E-state index contributed by atoms with van der Waals surface area (Å²) in [5.74, 6) is -0.402. The molecular weight excluding hydrogens is 271 g/mol. The van der Waals surface area contributed by atoms with Gasteiger partial charge < -0.3 is 10.2 Å². The van der Waals surface area contributed by atoms with Crippen LogP contribution in [0.5, 0.6) is 0 Å². The minimum Gasteiger partial charge on any atom is -0.395 e. The van der Waals surface area contributed by atoms with Crippen molar-refractivity contribution in [3.8, 4) is 0 Å². The topological polar surface area (TPSA) is 43.7 Å². The first-order valence-corrected chi connectivity index (χ1v) is 6.49. The average Bonchev–Trinajstić information content (AvgIpc) is 2.38. The number of benzene rings is 1. The molecule has 0 aliphatic carbocycles. The van der Waals surface area contributed by atoms with Gasteiger partial charge in [0.25, 0.3) is 6.43 Å². The maximum Gasteiger partial charge on any atom is 0.251 e. The highest BCUT2D eigenvalue weighted by atomic mass is 19.3. The Morgan fingerprint density at radius 3 is 2.50 bits per heavy atom. The Labute approximate surface area is 116 Å². The average molecular weight is 291 g/mol. The number of aryl methyl sites for hydroxylation is 1. The molecule has 0 saturated carbocycles. The first kappa shape index (κ1) is 16.9. The van der Waals surface area contributed by atoms with Crippen molar-refractivity contribution in [2.24, 2.45) is 0 Å². The number of hydrogen-bond donors (Lipinski definition) is 2. The lowest BCUT2D eigenvalue weighted by molar-refractivity contribution is 0.0660. The van der Waals surface area contributed by atoms with Gasteiger partial charge >= 0.3 is 0 Å². The summed E-state index contributed by atoms with van der Waals surface area (Å²) in [4.78, 5) is 1.37. The van der Waals surface area contributed by atoms with Gasteiger partial charge in [-0.25, -0.2) is 13.2 Å². The molecule has 3 nitrogen and oxygen atoms in total. The van der Waals surface area contributed by atoms with Crippen molar-refractivity contribution in [2.45, 2.75) is 25.9 Å². The van der Waals surface area contributed by atoms with Crippen molar-refractivity contribution >= 4 is 0 Å². The molecule has 6 heteroatoms. The number of rotatable bonds is 8. The predicted octanol–water partition coefficient (Wildman–Crippen LogP) is 2.12. The maximum absolute atomic E-state index is 13.4. The molecule has 0 spiro atoms. The minimum atomic E-state index is -2.49. The fourth-order valence-corrected chi connectivity index (χ4v) is 1.92. The van der Waals surface area contributed by atoms with Crippen molar-refractivity contribution in [3.05, 3.63) is 35.1 Å². The van der Waals surface area contributed by atoms with Crippen LogP contribution in [0.2, 0.25) is 0 Å². The van der Waals surface area contributed by atoms with E-state index in [-0.39, 0.29) is 26.1 Å². The lowest BCUT2D eigenvalue weighted by Crippen LogP contribution is -2.33. The number of alkyl halides is 2. The second-order valence-corrected chi connectivity index (χ2v) is 4.73. The molecule has 2 N–H and O–H groups in total. The Morgan fingerprint density at radius 1 is 1.25 bits per heavy atom.